The zero-order chi connectivity index (χ0) is 19.4. The molecule has 2 amide bonds. The predicted molar refractivity (Wildman–Crippen MR) is 104 cm³/mol. The van der Waals surface area contributed by atoms with Gasteiger partial charge in [0.2, 0.25) is 5.91 Å². The van der Waals surface area contributed by atoms with Crippen molar-refractivity contribution in [3.8, 4) is 0 Å². The number of carboxylic acid groups (broad SMARTS) is 1. The van der Waals surface area contributed by atoms with Crippen LogP contribution in [-0.2, 0) is 17.9 Å². The van der Waals surface area contributed by atoms with Crippen LogP contribution in [0.1, 0.15) is 30.0 Å². The average Bonchev–Trinajstić information content (AvgIpc) is 3.05. The van der Waals surface area contributed by atoms with Gasteiger partial charge >= 0.3 is 6.09 Å². The molecule has 2 fully saturated rings. The minimum atomic E-state index is -0.823. The summed E-state index contributed by atoms with van der Waals surface area (Å²) in [6.07, 6.45) is 0.183. The van der Waals surface area contributed by atoms with Gasteiger partial charge in [-0.1, -0.05) is 18.2 Å². The maximum absolute atomic E-state index is 11.2. The Morgan fingerprint density at radius 3 is 2.30 bits per heavy atom. The molecular weight excluding hydrogens is 344 g/mol. The summed E-state index contributed by atoms with van der Waals surface area (Å²) >= 11 is 0. The SMILES string of the molecule is CC(=O)N[C@@H]1CCN(Cc2cccc(CN3CCN(C(=O)O)CC3)c2C)C1. The fourth-order valence-electron chi connectivity index (χ4n) is 4.04. The highest BCUT2D eigenvalue weighted by Gasteiger charge is 2.24. The smallest absolute Gasteiger partial charge is 0.407 e. The summed E-state index contributed by atoms with van der Waals surface area (Å²) in [6.45, 7) is 10.1. The largest absolute Gasteiger partial charge is 0.465 e. The van der Waals surface area contributed by atoms with Crippen molar-refractivity contribution in [2.24, 2.45) is 0 Å². The van der Waals surface area contributed by atoms with Gasteiger partial charge in [0.25, 0.3) is 0 Å². The van der Waals surface area contributed by atoms with Crippen LogP contribution in [0.15, 0.2) is 18.2 Å². The lowest BCUT2D eigenvalue weighted by atomic mass is 10.0. The number of rotatable bonds is 5. The van der Waals surface area contributed by atoms with Crippen LogP contribution >= 0.6 is 0 Å². The zero-order valence-electron chi connectivity index (χ0n) is 16.3. The first kappa shape index (κ1) is 19.6. The number of benzene rings is 1. The topological polar surface area (TPSA) is 76.1 Å². The van der Waals surface area contributed by atoms with Crippen molar-refractivity contribution >= 4 is 12.0 Å². The molecule has 2 N–H and O–H groups in total. The van der Waals surface area contributed by atoms with Crippen LogP contribution in [0, 0.1) is 6.92 Å². The van der Waals surface area contributed by atoms with E-state index in [0.717, 1.165) is 45.7 Å². The second kappa shape index (κ2) is 8.71. The molecule has 2 aliphatic heterocycles. The lowest BCUT2D eigenvalue weighted by Gasteiger charge is -2.33. The molecule has 2 heterocycles. The van der Waals surface area contributed by atoms with Crippen LogP contribution in [0.5, 0.6) is 0 Å². The number of likely N-dealkylation sites (tertiary alicyclic amines) is 1. The van der Waals surface area contributed by atoms with Crippen LogP contribution in [0.2, 0.25) is 0 Å². The minimum Gasteiger partial charge on any atom is -0.465 e. The van der Waals surface area contributed by atoms with E-state index in [0.29, 0.717) is 13.1 Å². The van der Waals surface area contributed by atoms with Crippen molar-refractivity contribution < 1.29 is 14.7 Å². The fraction of sp³-hybridized carbons (Fsp3) is 0.600. The predicted octanol–water partition coefficient (Wildman–Crippen LogP) is 1.50. The molecule has 0 aliphatic carbocycles. The van der Waals surface area contributed by atoms with Gasteiger partial charge in [-0.3, -0.25) is 14.6 Å². The van der Waals surface area contributed by atoms with Crippen molar-refractivity contribution in [3.63, 3.8) is 0 Å². The first-order chi connectivity index (χ1) is 12.9. The molecule has 0 unspecified atom stereocenters. The van der Waals surface area contributed by atoms with E-state index < -0.39 is 6.09 Å². The highest BCUT2D eigenvalue weighted by molar-refractivity contribution is 5.73. The van der Waals surface area contributed by atoms with E-state index in [1.165, 1.54) is 21.6 Å². The summed E-state index contributed by atoms with van der Waals surface area (Å²) in [7, 11) is 0. The van der Waals surface area contributed by atoms with E-state index in [2.05, 4.69) is 40.2 Å². The number of nitrogens with one attached hydrogen (secondary N) is 1. The molecule has 0 radical (unpaired) electrons. The maximum Gasteiger partial charge on any atom is 0.407 e. The molecule has 0 spiro atoms. The first-order valence-corrected chi connectivity index (χ1v) is 9.69. The molecule has 0 bridgehead atoms. The van der Waals surface area contributed by atoms with Gasteiger partial charge in [0.1, 0.15) is 0 Å². The van der Waals surface area contributed by atoms with E-state index >= 15 is 0 Å². The highest BCUT2D eigenvalue weighted by atomic mass is 16.4. The molecule has 1 aromatic carbocycles. The van der Waals surface area contributed by atoms with Gasteiger partial charge in [0, 0.05) is 65.3 Å². The van der Waals surface area contributed by atoms with E-state index in [-0.39, 0.29) is 11.9 Å². The molecule has 2 aliphatic rings. The van der Waals surface area contributed by atoms with Gasteiger partial charge < -0.3 is 15.3 Å². The number of piperazine rings is 1. The summed E-state index contributed by atoms with van der Waals surface area (Å²) in [5.74, 6) is 0.0445. The highest BCUT2D eigenvalue weighted by Crippen LogP contribution is 2.20. The third-order valence-electron chi connectivity index (χ3n) is 5.67. The molecule has 1 aromatic rings. The van der Waals surface area contributed by atoms with E-state index in [1.807, 2.05) is 0 Å². The molecule has 0 saturated carbocycles. The number of carbonyl (C=O) groups excluding carboxylic acids is 1. The lowest BCUT2D eigenvalue weighted by molar-refractivity contribution is -0.119. The number of amides is 2. The lowest BCUT2D eigenvalue weighted by Crippen LogP contribution is -2.47. The van der Waals surface area contributed by atoms with E-state index in [4.69, 9.17) is 5.11 Å². The summed E-state index contributed by atoms with van der Waals surface area (Å²) in [5.41, 5.74) is 3.97. The number of hydrogen-bond donors (Lipinski definition) is 2. The Labute approximate surface area is 160 Å². The summed E-state index contributed by atoms with van der Waals surface area (Å²) in [5, 5.41) is 12.1. The molecule has 3 rings (SSSR count). The van der Waals surface area contributed by atoms with E-state index in [9.17, 15) is 9.59 Å². The first-order valence-electron chi connectivity index (χ1n) is 9.69. The summed E-state index contributed by atoms with van der Waals surface area (Å²) in [4.78, 5) is 28.5. The van der Waals surface area contributed by atoms with Crippen molar-refractivity contribution in [2.45, 2.75) is 39.4 Å². The van der Waals surface area contributed by atoms with E-state index in [1.54, 1.807) is 6.92 Å². The molecule has 2 saturated heterocycles. The Hall–Kier alpha value is -2.12. The number of hydrogen-bond acceptors (Lipinski definition) is 4. The molecule has 7 heteroatoms. The van der Waals surface area contributed by atoms with Crippen LogP contribution < -0.4 is 5.32 Å². The quantitative estimate of drug-likeness (QED) is 0.817. The molecule has 0 aromatic heterocycles. The molecule has 148 valence electrons. The van der Waals surface area contributed by atoms with Crippen LogP contribution in [0.3, 0.4) is 0 Å². The standard InChI is InChI=1S/C20H30N4O3/c1-15-17(12-22-8-10-24(11-9-22)20(26)27)4-3-5-18(15)13-23-7-6-19(14-23)21-16(2)25/h3-5,19H,6-14H2,1-2H3,(H,21,25)(H,26,27)/t19-/m1/s1. The van der Waals surface area contributed by atoms with Gasteiger partial charge in [0.15, 0.2) is 0 Å². The fourth-order valence-corrected chi connectivity index (χ4v) is 4.04. The second-order valence-electron chi connectivity index (χ2n) is 7.67. The molecule has 27 heavy (non-hydrogen) atoms. The van der Waals surface area contributed by atoms with Gasteiger partial charge in [0.05, 0.1) is 0 Å². The minimum absolute atomic E-state index is 0.0445. The Balaban J connectivity index is 1.56. The van der Waals surface area contributed by atoms with Crippen molar-refractivity contribution in [2.75, 3.05) is 39.3 Å². The third kappa shape index (κ3) is 5.20. The van der Waals surface area contributed by atoms with Crippen molar-refractivity contribution in [3.05, 3.63) is 34.9 Å². The monoisotopic (exact) mass is 374 g/mol. The number of nitrogens with zero attached hydrogens (tertiary/aromatic N) is 3. The normalized spacial score (nSPS) is 21.4. The third-order valence-corrected chi connectivity index (χ3v) is 5.67. The van der Waals surface area contributed by atoms with Crippen molar-refractivity contribution in [1.29, 1.82) is 0 Å². The van der Waals surface area contributed by atoms with Gasteiger partial charge in [-0.25, -0.2) is 4.79 Å². The van der Waals surface area contributed by atoms with Crippen molar-refractivity contribution in [1.82, 2.24) is 20.0 Å². The average molecular weight is 374 g/mol. The van der Waals surface area contributed by atoms with Gasteiger partial charge in [-0.05, 0) is 30.0 Å². The molecule has 1 atom stereocenters. The maximum atomic E-state index is 11.2. The van der Waals surface area contributed by atoms with Gasteiger partial charge in [-0.15, -0.1) is 0 Å². The Kier molecular flexibility index (Phi) is 6.34. The number of carbonyl (C=O) groups is 2. The van der Waals surface area contributed by atoms with Crippen LogP contribution in [0.4, 0.5) is 4.79 Å². The second-order valence-corrected chi connectivity index (χ2v) is 7.67. The van der Waals surface area contributed by atoms with Gasteiger partial charge in [-0.2, -0.15) is 0 Å². The summed E-state index contributed by atoms with van der Waals surface area (Å²) in [6, 6.07) is 6.74. The Morgan fingerprint density at radius 2 is 1.70 bits per heavy atom. The van der Waals surface area contributed by atoms with Crippen LogP contribution in [-0.4, -0.2) is 77.1 Å². The van der Waals surface area contributed by atoms with Crippen LogP contribution in [0.25, 0.3) is 0 Å². The Morgan fingerprint density at radius 1 is 1.07 bits per heavy atom. The zero-order valence-corrected chi connectivity index (χ0v) is 16.3. The summed E-state index contributed by atoms with van der Waals surface area (Å²) < 4.78 is 0. The molecule has 7 nitrogen and oxygen atoms in total. The molecular formula is C20H30N4O3. The Bertz CT molecular complexity index is 664.